The molecule has 0 unspecified atom stereocenters. The van der Waals surface area contributed by atoms with E-state index in [-0.39, 0.29) is 0 Å². The predicted molar refractivity (Wildman–Crippen MR) is 127 cm³/mol. The van der Waals surface area contributed by atoms with Crippen molar-refractivity contribution in [3.8, 4) is 22.8 Å². The first-order chi connectivity index (χ1) is 14.4. The SMILES string of the molecule is CC(C)N(C(=S)Nc1ccc2nc(-c3ccc[nH]3)c(-c3ccc[nH]3)nc2c1)C(C)C. The largest absolute Gasteiger partial charge is 0.360 e. The third kappa shape index (κ3) is 3.93. The molecule has 1 aromatic carbocycles. The topological polar surface area (TPSA) is 72.6 Å². The molecule has 0 fully saturated rings. The first kappa shape index (κ1) is 20.1. The zero-order valence-corrected chi connectivity index (χ0v) is 18.4. The third-order valence-corrected chi connectivity index (χ3v) is 5.28. The van der Waals surface area contributed by atoms with Crippen LogP contribution in [0.3, 0.4) is 0 Å². The van der Waals surface area contributed by atoms with Crippen LogP contribution in [0.25, 0.3) is 33.8 Å². The van der Waals surface area contributed by atoms with Crippen LogP contribution in [0, 0.1) is 0 Å². The Labute approximate surface area is 181 Å². The molecule has 0 aliphatic rings. The van der Waals surface area contributed by atoms with Gasteiger partial charge in [-0.2, -0.15) is 0 Å². The van der Waals surface area contributed by atoms with Crippen LogP contribution in [0.2, 0.25) is 0 Å². The molecule has 0 radical (unpaired) electrons. The van der Waals surface area contributed by atoms with E-state index in [1.807, 2.05) is 54.9 Å². The van der Waals surface area contributed by atoms with E-state index in [1.165, 1.54) is 0 Å². The first-order valence-corrected chi connectivity index (χ1v) is 10.5. The number of hydrogen-bond donors (Lipinski definition) is 3. The van der Waals surface area contributed by atoms with Gasteiger partial charge in [0.1, 0.15) is 11.4 Å². The number of rotatable bonds is 5. The Morgan fingerprint density at radius 2 is 1.43 bits per heavy atom. The highest BCUT2D eigenvalue weighted by molar-refractivity contribution is 7.80. The first-order valence-electron chi connectivity index (χ1n) is 10.1. The van der Waals surface area contributed by atoms with Gasteiger partial charge in [-0.15, -0.1) is 0 Å². The van der Waals surface area contributed by atoms with E-state index < -0.39 is 0 Å². The standard InChI is InChI=1S/C23H26N6S/c1-14(2)29(15(3)4)23(30)26-16-9-10-17-20(13-16)28-22(19-8-6-12-25-19)21(27-17)18-7-5-11-24-18/h5-15,24-25H,1-4H3,(H,26,30). The Balaban J connectivity index is 1.74. The molecule has 30 heavy (non-hydrogen) atoms. The highest BCUT2D eigenvalue weighted by atomic mass is 32.1. The number of benzene rings is 1. The second-order valence-electron chi connectivity index (χ2n) is 7.82. The van der Waals surface area contributed by atoms with Crippen molar-refractivity contribution in [1.29, 1.82) is 0 Å². The van der Waals surface area contributed by atoms with E-state index >= 15 is 0 Å². The molecule has 0 aliphatic heterocycles. The molecule has 154 valence electrons. The van der Waals surface area contributed by atoms with Gasteiger partial charge in [-0.3, -0.25) is 0 Å². The van der Waals surface area contributed by atoms with Gasteiger partial charge in [0.2, 0.25) is 0 Å². The minimum absolute atomic E-state index is 0.313. The summed E-state index contributed by atoms with van der Waals surface area (Å²) >= 11 is 5.67. The number of anilines is 1. The minimum atomic E-state index is 0.313. The summed E-state index contributed by atoms with van der Waals surface area (Å²) in [6, 6.07) is 14.5. The van der Waals surface area contributed by atoms with Crippen LogP contribution >= 0.6 is 12.2 Å². The average molecular weight is 419 g/mol. The van der Waals surface area contributed by atoms with Crippen LogP contribution in [-0.4, -0.2) is 42.0 Å². The minimum Gasteiger partial charge on any atom is -0.360 e. The molecule has 4 rings (SSSR count). The van der Waals surface area contributed by atoms with Gasteiger partial charge in [0.05, 0.1) is 22.4 Å². The molecule has 3 heterocycles. The fourth-order valence-electron chi connectivity index (χ4n) is 3.72. The zero-order valence-electron chi connectivity index (χ0n) is 17.6. The number of thiocarbonyl (C=S) groups is 1. The van der Waals surface area contributed by atoms with Crippen LogP contribution in [0.4, 0.5) is 5.69 Å². The second-order valence-corrected chi connectivity index (χ2v) is 8.20. The number of H-pyrrole nitrogens is 2. The van der Waals surface area contributed by atoms with Gasteiger partial charge in [-0.05, 0) is 82.4 Å². The van der Waals surface area contributed by atoms with Gasteiger partial charge in [0.25, 0.3) is 0 Å². The lowest BCUT2D eigenvalue weighted by Crippen LogP contribution is -2.44. The Morgan fingerprint density at radius 1 is 0.867 bits per heavy atom. The number of nitrogens with one attached hydrogen (secondary N) is 3. The lowest BCUT2D eigenvalue weighted by molar-refractivity contribution is 0.296. The van der Waals surface area contributed by atoms with Crippen molar-refractivity contribution in [2.75, 3.05) is 5.32 Å². The lowest BCUT2D eigenvalue weighted by atomic mass is 10.1. The molecule has 0 saturated carbocycles. The highest BCUT2D eigenvalue weighted by Gasteiger charge is 2.18. The number of nitrogens with zero attached hydrogens (tertiary/aromatic N) is 3. The fraction of sp³-hybridized carbons (Fsp3) is 0.261. The van der Waals surface area contributed by atoms with Gasteiger partial charge >= 0.3 is 0 Å². The van der Waals surface area contributed by atoms with Crippen molar-refractivity contribution in [3.63, 3.8) is 0 Å². The van der Waals surface area contributed by atoms with Gasteiger partial charge in [0, 0.05) is 30.2 Å². The van der Waals surface area contributed by atoms with Crippen LogP contribution in [0.15, 0.2) is 54.9 Å². The summed E-state index contributed by atoms with van der Waals surface area (Å²) in [4.78, 5) is 18.5. The van der Waals surface area contributed by atoms with Crippen LogP contribution in [-0.2, 0) is 0 Å². The summed E-state index contributed by atoms with van der Waals surface area (Å²) in [7, 11) is 0. The average Bonchev–Trinajstić information content (AvgIpc) is 3.40. The molecule has 3 aromatic heterocycles. The fourth-order valence-corrected chi connectivity index (χ4v) is 4.26. The van der Waals surface area contributed by atoms with E-state index in [4.69, 9.17) is 22.2 Å². The van der Waals surface area contributed by atoms with Crippen molar-refractivity contribution in [2.45, 2.75) is 39.8 Å². The quantitative estimate of drug-likeness (QED) is 0.377. The van der Waals surface area contributed by atoms with Gasteiger partial charge in [-0.1, -0.05) is 0 Å². The van der Waals surface area contributed by atoms with Crippen molar-refractivity contribution in [3.05, 3.63) is 54.9 Å². The van der Waals surface area contributed by atoms with Crippen LogP contribution in [0.5, 0.6) is 0 Å². The molecule has 3 N–H and O–H groups in total. The van der Waals surface area contributed by atoms with Crippen LogP contribution in [0.1, 0.15) is 27.7 Å². The summed E-state index contributed by atoms with van der Waals surface area (Å²) in [5.74, 6) is 0. The smallest absolute Gasteiger partial charge is 0.173 e. The monoisotopic (exact) mass is 418 g/mol. The molecular weight excluding hydrogens is 392 g/mol. The van der Waals surface area contributed by atoms with Crippen LogP contribution < -0.4 is 5.32 Å². The molecule has 0 spiro atoms. The number of fused-ring (bicyclic) bond motifs is 1. The second kappa shape index (κ2) is 8.28. The Morgan fingerprint density at radius 3 is 1.93 bits per heavy atom. The number of hydrogen-bond acceptors (Lipinski definition) is 3. The molecule has 0 bridgehead atoms. The number of aromatic nitrogens is 4. The van der Waals surface area contributed by atoms with E-state index in [9.17, 15) is 0 Å². The molecule has 4 aromatic rings. The van der Waals surface area contributed by atoms with Crippen molar-refractivity contribution < 1.29 is 0 Å². The molecular formula is C23H26N6S. The van der Waals surface area contributed by atoms with Crippen molar-refractivity contribution in [1.82, 2.24) is 24.8 Å². The van der Waals surface area contributed by atoms with E-state index in [2.05, 4.69) is 47.9 Å². The van der Waals surface area contributed by atoms with E-state index in [1.54, 1.807) is 0 Å². The Bertz CT molecular complexity index is 1140. The van der Waals surface area contributed by atoms with Crippen molar-refractivity contribution in [2.24, 2.45) is 0 Å². The molecule has 0 aliphatic carbocycles. The van der Waals surface area contributed by atoms with E-state index in [0.29, 0.717) is 17.2 Å². The van der Waals surface area contributed by atoms with E-state index in [0.717, 1.165) is 39.5 Å². The van der Waals surface area contributed by atoms with Crippen molar-refractivity contribution >= 4 is 34.1 Å². The molecule has 0 amide bonds. The molecule has 0 atom stereocenters. The molecule has 0 saturated heterocycles. The molecule has 7 heteroatoms. The number of aromatic amines is 2. The zero-order chi connectivity index (χ0) is 21.3. The van der Waals surface area contributed by atoms with Gasteiger partial charge in [-0.25, -0.2) is 9.97 Å². The maximum absolute atomic E-state index is 5.67. The van der Waals surface area contributed by atoms with Gasteiger partial charge in [0.15, 0.2) is 5.11 Å². The summed E-state index contributed by atoms with van der Waals surface area (Å²) in [5.41, 5.74) is 6.02. The van der Waals surface area contributed by atoms with Gasteiger partial charge < -0.3 is 20.2 Å². The normalized spacial score (nSPS) is 11.4. The summed E-state index contributed by atoms with van der Waals surface area (Å²) in [6.07, 6.45) is 3.78. The Kier molecular flexibility index (Phi) is 5.55. The molecule has 6 nitrogen and oxygen atoms in total. The summed E-state index contributed by atoms with van der Waals surface area (Å²) in [6.45, 7) is 8.57. The summed E-state index contributed by atoms with van der Waals surface area (Å²) < 4.78 is 0. The predicted octanol–water partition coefficient (Wildman–Crippen LogP) is 5.44. The third-order valence-electron chi connectivity index (χ3n) is 4.97. The highest BCUT2D eigenvalue weighted by Crippen LogP contribution is 2.30. The Hall–Kier alpha value is -3.19. The lowest BCUT2D eigenvalue weighted by Gasteiger charge is -2.33. The summed E-state index contributed by atoms with van der Waals surface area (Å²) in [5, 5.41) is 4.08. The maximum Gasteiger partial charge on any atom is 0.173 e. The maximum atomic E-state index is 5.67.